The van der Waals surface area contributed by atoms with Gasteiger partial charge >= 0.3 is 0 Å². The lowest BCUT2D eigenvalue weighted by atomic mass is 9.90. The molecule has 4 nitrogen and oxygen atoms in total. The van der Waals surface area contributed by atoms with Gasteiger partial charge in [-0.2, -0.15) is 0 Å². The second-order valence-electron chi connectivity index (χ2n) is 6.10. The van der Waals surface area contributed by atoms with Crippen molar-refractivity contribution >= 4 is 9.84 Å². The van der Waals surface area contributed by atoms with Gasteiger partial charge in [0, 0.05) is 37.0 Å². The van der Waals surface area contributed by atoms with Crippen molar-refractivity contribution in [2.75, 3.05) is 31.1 Å². The zero-order valence-corrected chi connectivity index (χ0v) is 12.6. The molecule has 0 aromatic heterocycles. The van der Waals surface area contributed by atoms with Crippen LogP contribution in [0.5, 0.6) is 0 Å². The summed E-state index contributed by atoms with van der Waals surface area (Å²) in [5.41, 5.74) is 0.162. The first-order chi connectivity index (χ1) is 8.37. The second kappa shape index (κ2) is 5.10. The van der Waals surface area contributed by atoms with Crippen molar-refractivity contribution in [3.63, 3.8) is 0 Å². The Hall–Kier alpha value is -0.130. The monoisotopic (exact) mass is 274 g/mol. The summed E-state index contributed by atoms with van der Waals surface area (Å²) in [5, 5.41) is 3.54. The van der Waals surface area contributed by atoms with Gasteiger partial charge in [0.25, 0.3) is 0 Å². The highest BCUT2D eigenvalue weighted by Crippen LogP contribution is 2.43. The molecule has 5 heteroatoms. The van der Waals surface area contributed by atoms with Gasteiger partial charge in [-0.3, -0.25) is 4.90 Å². The van der Waals surface area contributed by atoms with E-state index < -0.39 is 9.84 Å². The summed E-state index contributed by atoms with van der Waals surface area (Å²) in [4.78, 5) is 2.42. The lowest BCUT2D eigenvalue weighted by Crippen LogP contribution is -2.64. The van der Waals surface area contributed by atoms with Gasteiger partial charge < -0.3 is 5.32 Å². The highest BCUT2D eigenvalue weighted by atomic mass is 32.2. The van der Waals surface area contributed by atoms with Crippen molar-refractivity contribution in [2.45, 2.75) is 45.2 Å². The zero-order valence-electron chi connectivity index (χ0n) is 11.8. The summed E-state index contributed by atoms with van der Waals surface area (Å²) in [7, 11) is -2.85. The van der Waals surface area contributed by atoms with E-state index in [1.807, 2.05) is 0 Å². The van der Waals surface area contributed by atoms with Gasteiger partial charge in [0.15, 0.2) is 9.84 Å². The molecule has 2 unspecified atom stereocenters. The molecule has 1 saturated carbocycles. The van der Waals surface area contributed by atoms with Crippen LogP contribution in [-0.2, 0) is 9.84 Å². The van der Waals surface area contributed by atoms with Crippen molar-refractivity contribution < 1.29 is 8.42 Å². The molecule has 2 atom stereocenters. The molecule has 0 aromatic rings. The smallest absolute Gasteiger partial charge is 0.151 e. The number of nitrogens with zero attached hydrogens (tertiary/aromatic N) is 1. The Morgan fingerprint density at radius 3 is 2.61 bits per heavy atom. The normalized spacial score (nSPS) is 34.7. The lowest BCUT2D eigenvalue weighted by Gasteiger charge is -2.48. The van der Waals surface area contributed by atoms with E-state index in [2.05, 4.69) is 24.1 Å². The van der Waals surface area contributed by atoms with Crippen molar-refractivity contribution in [3.05, 3.63) is 0 Å². The summed E-state index contributed by atoms with van der Waals surface area (Å²) in [6, 6.07) is 0.459. The Kier molecular flexibility index (Phi) is 4.04. The van der Waals surface area contributed by atoms with Gasteiger partial charge in [-0.05, 0) is 32.6 Å². The van der Waals surface area contributed by atoms with E-state index >= 15 is 0 Å². The summed E-state index contributed by atoms with van der Waals surface area (Å²) < 4.78 is 23.4. The summed E-state index contributed by atoms with van der Waals surface area (Å²) in [6.45, 7) is 8.85. The fourth-order valence-corrected chi connectivity index (χ4v) is 3.73. The number of nitrogens with one attached hydrogen (secondary N) is 1. The highest BCUT2D eigenvalue weighted by molar-refractivity contribution is 7.91. The molecule has 0 aromatic carbocycles. The fourth-order valence-electron chi connectivity index (χ4n) is 2.94. The predicted molar refractivity (Wildman–Crippen MR) is 74.5 cm³/mol. The second-order valence-corrected chi connectivity index (χ2v) is 8.57. The standard InChI is InChI=1S/C13H26N2O2S/c1-4-18(16,17)8-7-15-9-11(2)14-10-13(15,3)12-5-6-12/h11-12,14H,4-10H2,1-3H3. The van der Waals surface area contributed by atoms with Gasteiger partial charge in [-0.25, -0.2) is 8.42 Å². The third-order valence-corrected chi connectivity index (χ3v) is 6.28. The molecule has 106 valence electrons. The molecule has 18 heavy (non-hydrogen) atoms. The molecule has 0 amide bonds. The minimum Gasteiger partial charge on any atom is -0.311 e. The van der Waals surface area contributed by atoms with Gasteiger partial charge in [-0.15, -0.1) is 0 Å². The average Bonchev–Trinajstić information content (AvgIpc) is 3.15. The maximum absolute atomic E-state index is 11.7. The number of hydrogen-bond donors (Lipinski definition) is 1. The third-order valence-electron chi connectivity index (χ3n) is 4.59. The minimum absolute atomic E-state index is 0.162. The predicted octanol–water partition coefficient (Wildman–Crippen LogP) is 0.884. The van der Waals surface area contributed by atoms with E-state index in [4.69, 9.17) is 0 Å². The summed E-state index contributed by atoms with van der Waals surface area (Å²) in [5.74, 6) is 1.31. The van der Waals surface area contributed by atoms with Gasteiger partial charge in [0.2, 0.25) is 0 Å². The quantitative estimate of drug-likeness (QED) is 0.809. The van der Waals surface area contributed by atoms with Gasteiger partial charge in [-0.1, -0.05) is 6.92 Å². The minimum atomic E-state index is -2.85. The fraction of sp³-hybridized carbons (Fsp3) is 1.00. The van der Waals surface area contributed by atoms with Gasteiger partial charge in [0.1, 0.15) is 0 Å². The summed E-state index contributed by atoms with van der Waals surface area (Å²) >= 11 is 0. The third kappa shape index (κ3) is 3.06. The Balaban J connectivity index is 2.02. The molecule has 1 N–H and O–H groups in total. The Labute approximate surface area is 111 Å². The van der Waals surface area contributed by atoms with E-state index in [0.717, 1.165) is 19.0 Å². The number of hydrogen-bond acceptors (Lipinski definition) is 4. The van der Waals surface area contributed by atoms with E-state index in [1.54, 1.807) is 6.92 Å². The van der Waals surface area contributed by atoms with E-state index in [-0.39, 0.29) is 11.3 Å². The Morgan fingerprint density at radius 2 is 2.06 bits per heavy atom. The van der Waals surface area contributed by atoms with Crippen molar-refractivity contribution in [3.8, 4) is 0 Å². The van der Waals surface area contributed by atoms with Crippen molar-refractivity contribution in [1.82, 2.24) is 10.2 Å². The molecule has 2 rings (SSSR count). The maximum Gasteiger partial charge on any atom is 0.151 e. The first-order valence-corrected chi connectivity index (χ1v) is 8.88. The summed E-state index contributed by atoms with van der Waals surface area (Å²) in [6.07, 6.45) is 2.59. The van der Waals surface area contributed by atoms with Crippen LogP contribution in [0.15, 0.2) is 0 Å². The SMILES string of the molecule is CCS(=O)(=O)CCN1CC(C)NCC1(C)C1CC1. The first-order valence-electron chi connectivity index (χ1n) is 7.06. The van der Waals surface area contributed by atoms with Crippen LogP contribution in [0.4, 0.5) is 0 Å². The molecular formula is C13H26N2O2S. The molecule has 0 radical (unpaired) electrons. The Morgan fingerprint density at radius 1 is 1.39 bits per heavy atom. The number of sulfone groups is 1. The molecule has 0 bridgehead atoms. The molecular weight excluding hydrogens is 248 g/mol. The number of piperazine rings is 1. The highest BCUT2D eigenvalue weighted by Gasteiger charge is 2.47. The van der Waals surface area contributed by atoms with E-state index in [9.17, 15) is 8.42 Å². The van der Waals surface area contributed by atoms with Crippen LogP contribution in [-0.4, -0.2) is 56.0 Å². The zero-order chi connectivity index (χ0) is 13.4. The van der Waals surface area contributed by atoms with Crippen molar-refractivity contribution in [1.29, 1.82) is 0 Å². The molecule has 2 aliphatic rings. The topological polar surface area (TPSA) is 49.4 Å². The molecule has 1 heterocycles. The van der Waals surface area contributed by atoms with Crippen LogP contribution >= 0.6 is 0 Å². The molecule has 1 aliphatic carbocycles. The molecule has 0 spiro atoms. The largest absolute Gasteiger partial charge is 0.311 e. The van der Waals surface area contributed by atoms with Crippen LogP contribution in [0.25, 0.3) is 0 Å². The molecule has 2 fully saturated rings. The molecule has 1 saturated heterocycles. The van der Waals surface area contributed by atoms with Crippen molar-refractivity contribution in [2.24, 2.45) is 5.92 Å². The Bertz CT molecular complexity index is 392. The van der Waals surface area contributed by atoms with Gasteiger partial charge in [0.05, 0.1) is 5.75 Å². The van der Waals surface area contributed by atoms with E-state index in [1.165, 1.54) is 12.8 Å². The van der Waals surface area contributed by atoms with Crippen LogP contribution in [0.3, 0.4) is 0 Å². The average molecular weight is 274 g/mol. The maximum atomic E-state index is 11.7. The first kappa shape index (κ1) is 14.3. The number of rotatable bonds is 5. The van der Waals surface area contributed by atoms with Crippen LogP contribution < -0.4 is 5.32 Å². The molecule has 1 aliphatic heterocycles. The lowest BCUT2D eigenvalue weighted by molar-refractivity contribution is 0.0442. The van der Waals surface area contributed by atoms with Crippen LogP contribution in [0.1, 0.15) is 33.6 Å². The van der Waals surface area contributed by atoms with Crippen LogP contribution in [0, 0.1) is 5.92 Å². The van der Waals surface area contributed by atoms with Crippen LogP contribution in [0.2, 0.25) is 0 Å². The van der Waals surface area contributed by atoms with E-state index in [0.29, 0.717) is 18.3 Å².